The third-order valence-electron chi connectivity index (χ3n) is 3.33. The molecule has 0 aliphatic rings. The Bertz CT molecular complexity index is 821. The van der Waals surface area contributed by atoms with E-state index in [9.17, 15) is 9.90 Å². The summed E-state index contributed by atoms with van der Waals surface area (Å²) in [5, 5.41) is 19.5. The van der Waals surface area contributed by atoms with Crippen molar-refractivity contribution in [2.45, 2.75) is 13.8 Å². The van der Waals surface area contributed by atoms with E-state index in [0.29, 0.717) is 11.4 Å². The normalized spacial score (nSPS) is 10.9. The minimum atomic E-state index is -0.114. The second kappa shape index (κ2) is 4.45. The summed E-state index contributed by atoms with van der Waals surface area (Å²) < 4.78 is 1.62. The molecule has 20 heavy (non-hydrogen) atoms. The van der Waals surface area contributed by atoms with Crippen LogP contribution >= 0.6 is 0 Å². The highest BCUT2D eigenvalue weighted by molar-refractivity contribution is 5.95. The summed E-state index contributed by atoms with van der Waals surface area (Å²) in [4.78, 5) is 11.5. The number of nitrogens with zero attached hydrogens (tertiary/aromatic N) is 3. The van der Waals surface area contributed by atoms with E-state index in [1.807, 2.05) is 24.3 Å². The Morgan fingerprint density at radius 1 is 1.15 bits per heavy atom. The summed E-state index contributed by atoms with van der Waals surface area (Å²) in [5.74, 6) is 0.103. The lowest BCUT2D eigenvalue weighted by Crippen LogP contribution is -2.01. The predicted molar refractivity (Wildman–Crippen MR) is 75.3 cm³/mol. The van der Waals surface area contributed by atoms with Crippen LogP contribution < -0.4 is 0 Å². The number of aromatic hydroxyl groups is 1. The number of phenolic OH excluding ortho intramolecular Hbond substituents is 1. The average molecular weight is 267 g/mol. The maximum Gasteiger partial charge on any atom is 0.181 e. The molecular weight excluding hydrogens is 254 g/mol. The highest BCUT2D eigenvalue weighted by Crippen LogP contribution is 2.29. The third kappa shape index (κ3) is 1.75. The van der Waals surface area contributed by atoms with Crippen LogP contribution in [0, 0.1) is 6.92 Å². The highest BCUT2D eigenvalue weighted by atomic mass is 16.3. The summed E-state index contributed by atoms with van der Waals surface area (Å²) in [5.41, 5.74) is 1.84. The highest BCUT2D eigenvalue weighted by Gasteiger charge is 2.15. The van der Waals surface area contributed by atoms with Crippen molar-refractivity contribution >= 4 is 16.6 Å². The van der Waals surface area contributed by atoms with Gasteiger partial charge in [0.25, 0.3) is 0 Å². The number of hydrogen-bond donors (Lipinski definition) is 1. The Labute approximate surface area is 115 Å². The van der Waals surface area contributed by atoms with E-state index < -0.39 is 0 Å². The van der Waals surface area contributed by atoms with Crippen molar-refractivity contribution in [3.63, 3.8) is 0 Å². The van der Waals surface area contributed by atoms with Gasteiger partial charge in [0.2, 0.25) is 0 Å². The van der Waals surface area contributed by atoms with Crippen molar-refractivity contribution in [1.82, 2.24) is 15.0 Å². The first-order valence-corrected chi connectivity index (χ1v) is 6.24. The molecule has 0 saturated heterocycles. The number of phenols is 1. The molecule has 0 radical (unpaired) electrons. The molecule has 0 atom stereocenters. The average Bonchev–Trinajstić information content (AvgIpc) is 2.80. The molecule has 0 aliphatic carbocycles. The number of fused-ring (bicyclic) bond motifs is 1. The topological polar surface area (TPSA) is 68.0 Å². The van der Waals surface area contributed by atoms with Crippen LogP contribution in [0.3, 0.4) is 0 Å². The quantitative estimate of drug-likeness (QED) is 0.725. The molecule has 0 saturated carbocycles. The summed E-state index contributed by atoms with van der Waals surface area (Å²) in [6.45, 7) is 3.27. The van der Waals surface area contributed by atoms with Crippen molar-refractivity contribution in [2.75, 3.05) is 0 Å². The minimum Gasteiger partial charge on any atom is -0.507 e. The summed E-state index contributed by atoms with van der Waals surface area (Å²) in [6.07, 6.45) is 0. The molecular formula is C15H13N3O2. The van der Waals surface area contributed by atoms with Crippen LogP contribution in [0.15, 0.2) is 36.4 Å². The van der Waals surface area contributed by atoms with Gasteiger partial charge in [-0.3, -0.25) is 4.79 Å². The van der Waals surface area contributed by atoms with Gasteiger partial charge in [0, 0.05) is 17.7 Å². The SMILES string of the molecule is CC(=O)c1nnn(-c2cccc3c(O)cccc23)c1C. The Morgan fingerprint density at radius 2 is 1.85 bits per heavy atom. The lowest BCUT2D eigenvalue weighted by Gasteiger charge is -2.08. The van der Waals surface area contributed by atoms with E-state index in [1.54, 1.807) is 23.7 Å². The largest absolute Gasteiger partial charge is 0.507 e. The molecule has 1 N–H and O–H groups in total. The maximum absolute atomic E-state index is 11.5. The van der Waals surface area contributed by atoms with E-state index in [-0.39, 0.29) is 11.5 Å². The summed E-state index contributed by atoms with van der Waals surface area (Å²) >= 11 is 0. The van der Waals surface area contributed by atoms with Crippen LogP contribution in [-0.4, -0.2) is 25.9 Å². The Balaban J connectivity index is 2.30. The number of Topliss-reactive ketones (excluding diaryl/α,β-unsaturated/α-hetero) is 1. The Kier molecular flexibility index (Phi) is 2.75. The van der Waals surface area contributed by atoms with Crippen molar-refractivity contribution in [2.24, 2.45) is 0 Å². The fraction of sp³-hybridized carbons (Fsp3) is 0.133. The number of carbonyl (C=O) groups is 1. The molecule has 0 amide bonds. The van der Waals surface area contributed by atoms with Crippen LogP contribution in [0.4, 0.5) is 0 Å². The smallest absolute Gasteiger partial charge is 0.181 e. The van der Waals surface area contributed by atoms with Crippen molar-refractivity contribution in [3.05, 3.63) is 47.8 Å². The summed E-state index contributed by atoms with van der Waals surface area (Å²) in [6, 6.07) is 10.9. The Hall–Kier alpha value is -2.69. The summed E-state index contributed by atoms with van der Waals surface area (Å²) in [7, 11) is 0. The van der Waals surface area contributed by atoms with E-state index in [2.05, 4.69) is 10.3 Å². The van der Waals surface area contributed by atoms with E-state index in [4.69, 9.17) is 0 Å². The molecule has 0 fully saturated rings. The van der Waals surface area contributed by atoms with E-state index in [0.717, 1.165) is 16.5 Å². The first-order chi connectivity index (χ1) is 9.59. The van der Waals surface area contributed by atoms with E-state index in [1.165, 1.54) is 6.92 Å². The fourth-order valence-electron chi connectivity index (χ4n) is 2.34. The molecule has 0 aliphatic heterocycles. The first kappa shape index (κ1) is 12.3. The number of benzene rings is 2. The van der Waals surface area contributed by atoms with Gasteiger partial charge in [0.15, 0.2) is 11.5 Å². The zero-order valence-corrected chi connectivity index (χ0v) is 11.2. The molecule has 5 heteroatoms. The number of rotatable bonds is 2. The number of carbonyl (C=O) groups excluding carboxylic acids is 1. The lowest BCUT2D eigenvalue weighted by atomic mass is 10.1. The van der Waals surface area contributed by atoms with Crippen molar-refractivity contribution in [1.29, 1.82) is 0 Å². The second-order valence-electron chi connectivity index (χ2n) is 4.64. The Morgan fingerprint density at radius 3 is 2.55 bits per heavy atom. The fourth-order valence-corrected chi connectivity index (χ4v) is 2.34. The van der Waals surface area contributed by atoms with Crippen LogP contribution in [0.25, 0.3) is 16.5 Å². The molecule has 5 nitrogen and oxygen atoms in total. The maximum atomic E-state index is 11.5. The van der Waals surface area contributed by atoms with Crippen LogP contribution in [0.2, 0.25) is 0 Å². The number of hydrogen-bond acceptors (Lipinski definition) is 4. The van der Waals surface area contributed by atoms with Gasteiger partial charge >= 0.3 is 0 Å². The van der Waals surface area contributed by atoms with Crippen LogP contribution in [-0.2, 0) is 0 Å². The molecule has 0 spiro atoms. The predicted octanol–water partition coefficient (Wildman–Crippen LogP) is 2.64. The van der Waals surface area contributed by atoms with Gasteiger partial charge in [-0.2, -0.15) is 0 Å². The van der Waals surface area contributed by atoms with Gasteiger partial charge < -0.3 is 5.11 Å². The monoisotopic (exact) mass is 267 g/mol. The lowest BCUT2D eigenvalue weighted by molar-refractivity contribution is 0.101. The molecule has 1 heterocycles. The van der Waals surface area contributed by atoms with Crippen LogP contribution in [0.5, 0.6) is 5.75 Å². The number of ketones is 1. The van der Waals surface area contributed by atoms with Gasteiger partial charge in [-0.15, -0.1) is 5.10 Å². The first-order valence-electron chi connectivity index (χ1n) is 6.24. The van der Waals surface area contributed by atoms with Gasteiger partial charge in [0.1, 0.15) is 5.75 Å². The standard InChI is InChI=1S/C15H13N3O2/c1-9-15(10(2)19)16-17-18(9)13-7-3-6-12-11(13)5-4-8-14(12)20/h3-8,20H,1-2H3. The zero-order chi connectivity index (χ0) is 14.3. The minimum absolute atomic E-state index is 0.114. The molecule has 0 unspecified atom stereocenters. The van der Waals surface area contributed by atoms with Gasteiger partial charge in [-0.05, 0) is 19.1 Å². The van der Waals surface area contributed by atoms with E-state index >= 15 is 0 Å². The van der Waals surface area contributed by atoms with Gasteiger partial charge in [0.05, 0.1) is 11.4 Å². The van der Waals surface area contributed by atoms with Crippen LogP contribution in [0.1, 0.15) is 23.1 Å². The molecule has 0 bridgehead atoms. The zero-order valence-electron chi connectivity index (χ0n) is 11.2. The number of aromatic nitrogens is 3. The molecule has 3 rings (SSSR count). The van der Waals surface area contributed by atoms with Crippen molar-refractivity contribution in [3.8, 4) is 11.4 Å². The molecule has 100 valence electrons. The third-order valence-corrected chi connectivity index (χ3v) is 3.33. The van der Waals surface area contributed by atoms with Gasteiger partial charge in [-0.1, -0.05) is 29.5 Å². The second-order valence-corrected chi connectivity index (χ2v) is 4.64. The van der Waals surface area contributed by atoms with Gasteiger partial charge in [-0.25, -0.2) is 4.68 Å². The van der Waals surface area contributed by atoms with Crippen molar-refractivity contribution < 1.29 is 9.90 Å². The molecule has 1 aromatic heterocycles. The molecule has 3 aromatic rings. The molecule has 2 aromatic carbocycles.